The summed E-state index contributed by atoms with van der Waals surface area (Å²) in [7, 11) is 1.24. The Kier molecular flexibility index (Phi) is 5.63. The fourth-order valence-corrected chi connectivity index (χ4v) is 3.23. The molecule has 1 heterocycles. The lowest BCUT2D eigenvalue weighted by molar-refractivity contribution is -0.142. The highest BCUT2D eigenvalue weighted by Gasteiger charge is 2.31. The van der Waals surface area contributed by atoms with Crippen molar-refractivity contribution in [1.29, 1.82) is 0 Å². The predicted molar refractivity (Wildman–Crippen MR) is 100 cm³/mol. The Morgan fingerprint density at radius 1 is 1.25 bits per heavy atom. The molecule has 0 aliphatic carbocycles. The molecule has 7 heteroatoms. The fourth-order valence-electron chi connectivity index (χ4n) is 3.23. The molecule has 0 saturated carbocycles. The third kappa shape index (κ3) is 3.98. The number of amides is 1. The van der Waals surface area contributed by atoms with E-state index in [0.29, 0.717) is 12.0 Å². The van der Waals surface area contributed by atoms with Crippen molar-refractivity contribution in [3.05, 3.63) is 64.7 Å². The molecule has 0 saturated heterocycles. The maximum absolute atomic E-state index is 12.7. The Labute approximate surface area is 162 Å². The number of rotatable bonds is 5. The molecule has 0 radical (unpaired) electrons. The molecular weight excluding hydrogens is 362 g/mol. The number of hydrogen-bond donors (Lipinski definition) is 2. The second-order valence-electron chi connectivity index (χ2n) is 6.65. The van der Waals surface area contributed by atoms with Gasteiger partial charge < -0.3 is 19.9 Å². The molecule has 2 N–H and O–H groups in total. The normalized spacial score (nSPS) is 16.5. The molecule has 0 fully saturated rings. The lowest BCUT2D eigenvalue weighted by Gasteiger charge is -2.23. The van der Waals surface area contributed by atoms with Gasteiger partial charge in [0.25, 0.3) is 5.91 Å². The summed E-state index contributed by atoms with van der Waals surface area (Å²) in [6.07, 6.45) is 0.383. The van der Waals surface area contributed by atoms with Crippen molar-refractivity contribution in [2.24, 2.45) is 0 Å². The van der Waals surface area contributed by atoms with Crippen molar-refractivity contribution in [1.82, 2.24) is 5.32 Å². The van der Waals surface area contributed by atoms with Crippen LogP contribution in [-0.2, 0) is 27.1 Å². The number of methoxy groups -OCH3 is 1. The first kappa shape index (κ1) is 19.4. The first-order valence-electron chi connectivity index (χ1n) is 8.89. The van der Waals surface area contributed by atoms with E-state index in [-0.39, 0.29) is 23.7 Å². The van der Waals surface area contributed by atoms with Crippen LogP contribution in [0, 0.1) is 0 Å². The van der Waals surface area contributed by atoms with Crippen molar-refractivity contribution in [2.75, 3.05) is 7.11 Å². The highest BCUT2D eigenvalue weighted by molar-refractivity contribution is 6.04. The number of esters is 2. The van der Waals surface area contributed by atoms with Gasteiger partial charge in [-0.25, -0.2) is 9.59 Å². The van der Waals surface area contributed by atoms with E-state index in [1.807, 2.05) is 30.3 Å². The third-order valence-electron chi connectivity index (χ3n) is 4.60. The largest absolute Gasteiger partial charge is 0.506 e. The maximum Gasteiger partial charge on any atom is 0.342 e. The molecule has 2 aromatic rings. The summed E-state index contributed by atoms with van der Waals surface area (Å²) in [5.74, 6) is -2.41. The van der Waals surface area contributed by atoms with Gasteiger partial charge in [0.1, 0.15) is 23.5 Å². The van der Waals surface area contributed by atoms with E-state index in [2.05, 4.69) is 5.32 Å². The van der Waals surface area contributed by atoms with Crippen LogP contribution in [0.2, 0.25) is 0 Å². The van der Waals surface area contributed by atoms with E-state index in [9.17, 15) is 19.5 Å². The minimum Gasteiger partial charge on any atom is -0.506 e. The van der Waals surface area contributed by atoms with Crippen LogP contribution in [0.25, 0.3) is 0 Å². The standard InChI is InChI=1S/C21H21NO6/c1-12-10-14-8-9-15(18(23)17(14)21(26)28-12)19(24)22-16(20(25)27-2)11-13-6-4-3-5-7-13/h3-9,12,16,23H,10-11H2,1-2H3,(H,22,24). The van der Waals surface area contributed by atoms with Crippen LogP contribution >= 0.6 is 0 Å². The van der Waals surface area contributed by atoms with E-state index in [1.165, 1.54) is 13.2 Å². The zero-order chi connectivity index (χ0) is 20.3. The Morgan fingerprint density at radius 3 is 2.64 bits per heavy atom. The quantitative estimate of drug-likeness (QED) is 0.766. The number of phenols is 1. The summed E-state index contributed by atoms with van der Waals surface area (Å²) in [5, 5.41) is 13.1. The van der Waals surface area contributed by atoms with E-state index in [0.717, 1.165) is 5.56 Å². The highest BCUT2D eigenvalue weighted by atomic mass is 16.5. The lowest BCUT2D eigenvalue weighted by atomic mass is 9.95. The van der Waals surface area contributed by atoms with Gasteiger partial charge in [0.15, 0.2) is 0 Å². The first-order valence-corrected chi connectivity index (χ1v) is 8.89. The summed E-state index contributed by atoms with van der Waals surface area (Å²) in [6.45, 7) is 1.75. The molecule has 1 amide bonds. The number of phenolic OH excluding ortho intramolecular Hbond substituents is 1. The summed E-state index contributed by atoms with van der Waals surface area (Å²) in [5.41, 5.74) is 1.34. The van der Waals surface area contributed by atoms with Gasteiger partial charge >= 0.3 is 11.9 Å². The summed E-state index contributed by atoms with van der Waals surface area (Å²) >= 11 is 0. The molecule has 0 bridgehead atoms. The van der Waals surface area contributed by atoms with Crippen LogP contribution in [0.3, 0.4) is 0 Å². The van der Waals surface area contributed by atoms with Crippen molar-refractivity contribution in [2.45, 2.75) is 31.9 Å². The van der Waals surface area contributed by atoms with Gasteiger partial charge in [0.05, 0.1) is 12.7 Å². The van der Waals surface area contributed by atoms with Crippen molar-refractivity contribution in [3.63, 3.8) is 0 Å². The van der Waals surface area contributed by atoms with Crippen LogP contribution in [0.15, 0.2) is 42.5 Å². The smallest absolute Gasteiger partial charge is 0.342 e. The Balaban J connectivity index is 1.85. The van der Waals surface area contributed by atoms with Crippen LogP contribution in [0.1, 0.15) is 38.8 Å². The number of fused-ring (bicyclic) bond motifs is 1. The second kappa shape index (κ2) is 8.12. The second-order valence-corrected chi connectivity index (χ2v) is 6.65. The maximum atomic E-state index is 12.7. The van der Waals surface area contributed by atoms with Crippen molar-refractivity contribution >= 4 is 17.8 Å². The van der Waals surface area contributed by atoms with Gasteiger partial charge in [-0.05, 0) is 24.1 Å². The van der Waals surface area contributed by atoms with Crippen LogP contribution < -0.4 is 5.32 Å². The van der Waals surface area contributed by atoms with Crippen molar-refractivity contribution in [3.8, 4) is 5.75 Å². The molecule has 3 rings (SSSR count). The molecule has 1 aliphatic heterocycles. The van der Waals surface area contributed by atoms with Gasteiger partial charge in [0, 0.05) is 12.8 Å². The fraction of sp³-hybridized carbons (Fsp3) is 0.286. The number of carbonyl (C=O) groups is 3. The van der Waals surface area contributed by atoms with Gasteiger partial charge in [0.2, 0.25) is 0 Å². The molecule has 1 aliphatic rings. The van der Waals surface area contributed by atoms with E-state index >= 15 is 0 Å². The monoisotopic (exact) mass is 383 g/mol. The number of ether oxygens (including phenoxy) is 2. The molecule has 2 unspecified atom stereocenters. The molecule has 2 atom stereocenters. The average molecular weight is 383 g/mol. The molecule has 28 heavy (non-hydrogen) atoms. The highest BCUT2D eigenvalue weighted by Crippen LogP contribution is 2.31. The van der Waals surface area contributed by atoms with Crippen LogP contribution in [0.4, 0.5) is 0 Å². The number of carbonyl (C=O) groups excluding carboxylic acids is 3. The molecule has 7 nitrogen and oxygen atoms in total. The zero-order valence-corrected chi connectivity index (χ0v) is 15.6. The van der Waals surface area contributed by atoms with E-state index in [4.69, 9.17) is 9.47 Å². The number of cyclic esters (lactones) is 1. The number of nitrogens with one attached hydrogen (secondary N) is 1. The summed E-state index contributed by atoms with van der Waals surface area (Å²) in [6, 6.07) is 11.3. The minimum atomic E-state index is -0.942. The lowest BCUT2D eigenvalue weighted by Crippen LogP contribution is -2.43. The van der Waals surface area contributed by atoms with Gasteiger partial charge in [-0.1, -0.05) is 36.4 Å². The Hall–Kier alpha value is -3.35. The molecule has 0 spiro atoms. The van der Waals surface area contributed by atoms with E-state index < -0.39 is 29.6 Å². The third-order valence-corrected chi connectivity index (χ3v) is 4.60. The van der Waals surface area contributed by atoms with E-state index in [1.54, 1.807) is 13.0 Å². The minimum absolute atomic E-state index is 0.0107. The predicted octanol–water partition coefficient (Wildman–Crippen LogP) is 2.01. The zero-order valence-electron chi connectivity index (χ0n) is 15.6. The van der Waals surface area contributed by atoms with Crippen LogP contribution in [-0.4, -0.2) is 42.2 Å². The van der Waals surface area contributed by atoms with Crippen molar-refractivity contribution < 1.29 is 29.0 Å². The topological polar surface area (TPSA) is 102 Å². The SMILES string of the molecule is COC(=O)C(Cc1ccccc1)NC(=O)c1ccc2c(c1O)C(=O)OC(C)C2. The summed E-state index contributed by atoms with van der Waals surface area (Å²) < 4.78 is 9.92. The van der Waals surface area contributed by atoms with Gasteiger partial charge in [-0.2, -0.15) is 0 Å². The van der Waals surface area contributed by atoms with Gasteiger partial charge in [-0.3, -0.25) is 4.79 Å². The first-order chi connectivity index (χ1) is 13.4. The number of benzene rings is 2. The molecular formula is C21H21NO6. The molecule has 2 aromatic carbocycles. The Bertz CT molecular complexity index is 909. The summed E-state index contributed by atoms with van der Waals surface area (Å²) in [4.78, 5) is 36.9. The average Bonchev–Trinajstić information content (AvgIpc) is 2.67. The number of hydrogen-bond acceptors (Lipinski definition) is 6. The molecule has 0 aromatic heterocycles. The van der Waals surface area contributed by atoms with Gasteiger partial charge in [-0.15, -0.1) is 0 Å². The Morgan fingerprint density at radius 2 is 1.96 bits per heavy atom. The number of aromatic hydroxyl groups is 1. The molecule has 146 valence electrons. The van der Waals surface area contributed by atoms with Crippen LogP contribution in [0.5, 0.6) is 5.75 Å².